The Morgan fingerprint density at radius 2 is 2.41 bits per heavy atom. The lowest BCUT2D eigenvalue weighted by atomic mass is 10.1. The van der Waals surface area contributed by atoms with Crippen LogP contribution in [0.3, 0.4) is 0 Å². The average molecular weight is 231 g/mol. The minimum atomic E-state index is 0.455. The van der Waals surface area contributed by atoms with Crippen LogP contribution in [0.25, 0.3) is 0 Å². The van der Waals surface area contributed by atoms with Gasteiger partial charge in [-0.05, 0) is 45.1 Å². The first-order chi connectivity index (χ1) is 8.29. The predicted octanol–water partition coefficient (Wildman–Crippen LogP) is 3.51. The summed E-state index contributed by atoms with van der Waals surface area (Å²) in [5.74, 6) is 2.59. The third-order valence-corrected chi connectivity index (χ3v) is 3.06. The molecule has 92 valence electrons. The Morgan fingerprint density at radius 3 is 3.12 bits per heavy atom. The molecule has 17 heavy (non-hydrogen) atoms. The Morgan fingerprint density at radius 1 is 1.59 bits per heavy atom. The summed E-state index contributed by atoms with van der Waals surface area (Å²) in [5.41, 5.74) is 0. The van der Waals surface area contributed by atoms with Crippen molar-refractivity contribution in [3.8, 4) is 0 Å². The van der Waals surface area contributed by atoms with Gasteiger partial charge in [-0.15, -0.1) is 6.58 Å². The van der Waals surface area contributed by atoms with Crippen LogP contribution in [0.15, 0.2) is 24.9 Å². The van der Waals surface area contributed by atoms with Gasteiger partial charge in [0.1, 0.15) is 11.6 Å². The molecule has 0 radical (unpaired) electrons. The van der Waals surface area contributed by atoms with E-state index in [1.165, 1.54) is 19.3 Å². The van der Waals surface area contributed by atoms with E-state index < -0.39 is 0 Å². The van der Waals surface area contributed by atoms with Crippen LogP contribution in [-0.4, -0.2) is 16.0 Å². The van der Waals surface area contributed by atoms with Crippen LogP contribution < -0.4 is 5.32 Å². The zero-order chi connectivity index (χ0) is 12.1. The van der Waals surface area contributed by atoms with Crippen molar-refractivity contribution >= 4 is 5.82 Å². The summed E-state index contributed by atoms with van der Waals surface area (Å²) in [7, 11) is 0. The molecule has 0 saturated heterocycles. The van der Waals surface area contributed by atoms with Crippen molar-refractivity contribution in [2.24, 2.45) is 0 Å². The Hall–Kier alpha value is -1.38. The maximum absolute atomic E-state index is 4.56. The van der Waals surface area contributed by atoms with E-state index in [1.54, 1.807) is 0 Å². The van der Waals surface area contributed by atoms with E-state index in [0.29, 0.717) is 12.0 Å². The molecule has 0 aromatic carbocycles. The minimum Gasteiger partial charge on any atom is -0.368 e. The van der Waals surface area contributed by atoms with Gasteiger partial charge in [0.05, 0.1) is 0 Å². The summed E-state index contributed by atoms with van der Waals surface area (Å²) in [6.45, 7) is 5.93. The third-order valence-electron chi connectivity index (χ3n) is 3.06. The largest absolute Gasteiger partial charge is 0.368 e. The molecule has 0 spiro atoms. The molecular formula is C14H21N3. The number of hydrogen-bond donors (Lipinski definition) is 1. The quantitative estimate of drug-likeness (QED) is 0.576. The Balaban J connectivity index is 1.84. The van der Waals surface area contributed by atoms with Crippen LogP contribution in [0, 0.1) is 0 Å². The van der Waals surface area contributed by atoms with E-state index in [-0.39, 0.29) is 0 Å². The molecule has 1 fully saturated rings. The molecule has 1 unspecified atom stereocenters. The number of unbranched alkanes of at least 4 members (excludes halogenated alkanes) is 1. The second kappa shape index (κ2) is 5.80. The van der Waals surface area contributed by atoms with Crippen molar-refractivity contribution in [2.75, 3.05) is 5.32 Å². The highest BCUT2D eigenvalue weighted by atomic mass is 15.0. The molecule has 1 saturated carbocycles. The number of aromatic nitrogens is 2. The second-order valence-electron chi connectivity index (χ2n) is 4.84. The van der Waals surface area contributed by atoms with Crippen LogP contribution in [0.5, 0.6) is 0 Å². The molecule has 2 rings (SSSR count). The summed E-state index contributed by atoms with van der Waals surface area (Å²) in [4.78, 5) is 8.88. The summed E-state index contributed by atoms with van der Waals surface area (Å²) >= 11 is 0. The number of nitrogens with one attached hydrogen (secondary N) is 1. The Kier molecular flexibility index (Phi) is 4.13. The molecule has 3 heteroatoms. The predicted molar refractivity (Wildman–Crippen MR) is 71.1 cm³/mol. The van der Waals surface area contributed by atoms with Gasteiger partial charge in [-0.1, -0.05) is 6.08 Å². The standard InChI is InChI=1S/C14H21N3/c1-3-4-5-6-11(2)16-13-9-10-15-14(17-13)12-7-8-12/h3,9-12H,1,4-8H2,2H3,(H,15,16,17). The fourth-order valence-electron chi connectivity index (χ4n) is 1.89. The molecule has 0 amide bonds. The minimum absolute atomic E-state index is 0.455. The number of rotatable bonds is 7. The fraction of sp³-hybridized carbons (Fsp3) is 0.571. The summed E-state index contributed by atoms with van der Waals surface area (Å²) < 4.78 is 0. The molecule has 1 aromatic rings. The normalized spacial score (nSPS) is 16.5. The van der Waals surface area contributed by atoms with Gasteiger partial charge < -0.3 is 5.32 Å². The van der Waals surface area contributed by atoms with Gasteiger partial charge >= 0.3 is 0 Å². The highest BCUT2D eigenvalue weighted by Crippen LogP contribution is 2.38. The van der Waals surface area contributed by atoms with E-state index in [9.17, 15) is 0 Å². The van der Waals surface area contributed by atoms with Crippen molar-refractivity contribution in [3.63, 3.8) is 0 Å². The van der Waals surface area contributed by atoms with Crippen molar-refractivity contribution in [1.82, 2.24) is 9.97 Å². The summed E-state index contributed by atoms with van der Waals surface area (Å²) in [5, 5.41) is 3.44. The Bertz CT molecular complexity index is 371. The van der Waals surface area contributed by atoms with Crippen LogP contribution in [0.2, 0.25) is 0 Å². The first-order valence-electron chi connectivity index (χ1n) is 6.50. The van der Waals surface area contributed by atoms with Crippen LogP contribution >= 0.6 is 0 Å². The number of nitrogens with zero attached hydrogens (tertiary/aromatic N) is 2. The maximum Gasteiger partial charge on any atom is 0.133 e. The number of allylic oxidation sites excluding steroid dienone is 1. The van der Waals surface area contributed by atoms with Gasteiger partial charge in [-0.2, -0.15) is 0 Å². The topological polar surface area (TPSA) is 37.8 Å². The second-order valence-corrected chi connectivity index (χ2v) is 4.84. The summed E-state index contributed by atoms with van der Waals surface area (Å²) in [6.07, 6.45) is 9.74. The van der Waals surface area contributed by atoms with E-state index in [2.05, 4.69) is 28.8 Å². The molecular weight excluding hydrogens is 210 g/mol. The lowest BCUT2D eigenvalue weighted by molar-refractivity contribution is 0.660. The van der Waals surface area contributed by atoms with Crippen molar-refractivity contribution < 1.29 is 0 Å². The monoisotopic (exact) mass is 231 g/mol. The van der Waals surface area contributed by atoms with E-state index in [0.717, 1.165) is 24.5 Å². The zero-order valence-electron chi connectivity index (χ0n) is 10.5. The van der Waals surface area contributed by atoms with E-state index in [1.807, 2.05) is 18.3 Å². The van der Waals surface area contributed by atoms with E-state index >= 15 is 0 Å². The maximum atomic E-state index is 4.56. The van der Waals surface area contributed by atoms with Gasteiger partial charge in [-0.25, -0.2) is 9.97 Å². The van der Waals surface area contributed by atoms with Crippen LogP contribution in [0.4, 0.5) is 5.82 Å². The lowest BCUT2D eigenvalue weighted by Gasteiger charge is -2.14. The number of anilines is 1. The molecule has 3 nitrogen and oxygen atoms in total. The highest BCUT2D eigenvalue weighted by Gasteiger charge is 2.26. The first-order valence-corrected chi connectivity index (χ1v) is 6.50. The van der Waals surface area contributed by atoms with Crippen molar-refractivity contribution in [1.29, 1.82) is 0 Å². The number of hydrogen-bond acceptors (Lipinski definition) is 3. The molecule has 1 atom stereocenters. The molecule has 1 aliphatic carbocycles. The van der Waals surface area contributed by atoms with Crippen LogP contribution in [-0.2, 0) is 0 Å². The smallest absolute Gasteiger partial charge is 0.133 e. The average Bonchev–Trinajstić information content (AvgIpc) is 3.13. The molecule has 0 bridgehead atoms. The lowest BCUT2D eigenvalue weighted by Crippen LogP contribution is -2.16. The Labute approximate surface area is 103 Å². The van der Waals surface area contributed by atoms with Gasteiger partial charge in [0, 0.05) is 18.2 Å². The van der Waals surface area contributed by atoms with Crippen molar-refractivity contribution in [3.05, 3.63) is 30.7 Å². The van der Waals surface area contributed by atoms with E-state index in [4.69, 9.17) is 0 Å². The van der Waals surface area contributed by atoms with Gasteiger partial charge in [0.15, 0.2) is 0 Å². The molecule has 0 aliphatic heterocycles. The molecule has 1 N–H and O–H groups in total. The SMILES string of the molecule is C=CCCCC(C)Nc1ccnc(C2CC2)n1. The first kappa shape index (κ1) is 12.1. The molecule has 1 heterocycles. The molecule has 1 aromatic heterocycles. The van der Waals surface area contributed by atoms with Gasteiger partial charge in [0.2, 0.25) is 0 Å². The highest BCUT2D eigenvalue weighted by molar-refractivity contribution is 5.34. The zero-order valence-corrected chi connectivity index (χ0v) is 10.5. The fourth-order valence-corrected chi connectivity index (χ4v) is 1.89. The molecule has 1 aliphatic rings. The van der Waals surface area contributed by atoms with Gasteiger partial charge in [0.25, 0.3) is 0 Å². The van der Waals surface area contributed by atoms with Crippen LogP contribution in [0.1, 0.15) is 50.8 Å². The van der Waals surface area contributed by atoms with Crippen molar-refractivity contribution in [2.45, 2.75) is 51.0 Å². The summed E-state index contributed by atoms with van der Waals surface area (Å²) in [6, 6.07) is 2.41. The third kappa shape index (κ3) is 3.84. The van der Waals surface area contributed by atoms with Gasteiger partial charge in [-0.3, -0.25) is 0 Å².